The molecule has 1 fully saturated rings. The highest BCUT2D eigenvalue weighted by Gasteiger charge is 2.45. The van der Waals surface area contributed by atoms with Gasteiger partial charge in [0.1, 0.15) is 17.8 Å². The molecular weight excluding hydrogens is 430 g/mol. The summed E-state index contributed by atoms with van der Waals surface area (Å²) in [7, 11) is -4.06. The summed E-state index contributed by atoms with van der Waals surface area (Å²) in [6, 6.07) is 10.6. The van der Waals surface area contributed by atoms with E-state index in [4.69, 9.17) is 9.32 Å². The molecule has 4 atom stereocenters. The van der Waals surface area contributed by atoms with E-state index < -0.39 is 21.8 Å². The quantitative estimate of drug-likeness (QED) is 0.518. The van der Waals surface area contributed by atoms with Gasteiger partial charge >= 0.3 is 10.3 Å². The van der Waals surface area contributed by atoms with Gasteiger partial charge in [-0.15, -0.1) is 0 Å². The molecule has 5 rings (SSSR count). The molecule has 2 aliphatic carbocycles. The Kier molecular flexibility index (Phi) is 5.20. The fraction of sp³-hybridized carbons (Fsp3) is 0.455. The third kappa shape index (κ3) is 3.88. The topological polar surface area (TPSA) is 132 Å². The molecule has 2 aliphatic rings. The Morgan fingerprint density at radius 3 is 2.94 bits per heavy atom. The molecule has 32 heavy (non-hydrogen) atoms. The van der Waals surface area contributed by atoms with Crippen molar-refractivity contribution in [1.29, 1.82) is 0 Å². The monoisotopic (exact) mass is 457 g/mol. The summed E-state index contributed by atoms with van der Waals surface area (Å²) < 4.78 is 29.3. The van der Waals surface area contributed by atoms with Gasteiger partial charge in [-0.2, -0.15) is 8.42 Å². The number of nitrogens with one attached hydrogen (secondary N) is 1. The first-order chi connectivity index (χ1) is 15.2. The number of fused-ring (bicyclic) bond motifs is 2. The number of hydrogen-bond donors (Lipinski definition) is 3. The van der Waals surface area contributed by atoms with Crippen LogP contribution in [0.3, 0.4) is 0 Å². The largest absolute Gasteiger partial charge is 0.392 e. The third-order valence-electron chi connectivity index (χ3n) is 6.90. The number of nitrogens with two attached hydrogens (primary N) is 1. The predicted octanol–water partition coefficient (Wildman–Crippen LogP) is 2.45. The second-order valence-electron chi connectivity index (χ2n) is 9.14. The lowest BCUT2D eigenvalue weighted by molar-refractivity contribution is 0.0304. The van der Waals surface area contributed by atoms with Crippen LogP contribution in [0.15, 0.2) is 42.9 Å². The van der Waals surface area contributed by atoms with Gasteiger partial charge in [-0.25, -0.2) is 15.1 Å². The molecule has 0 radical (unpaired) electrons. The van der Waals surface area contributed by atoms with Crippen LogP contribution in [0, 0.1) is 5.41 Å². The summed E-state index contributed by atoms with van der Waals surface area (Å²) in [6.45, 7) is 1.65. The maximum Gasteiger partial charge on any atom is 0.333 e. The molecule has 10 heteroatoms. The highest BCUT2D eigenvalue weighted by atomic mass is 32.2. The minimum Gasteiger partial charge on any atom is -0.392 e. The molecule has 4 N–H and O–H groups in total. The second kappa shape index (κ2) is 7.80. The molecule has 0 amide bonds. The van der Waals surface area contributed by atoms with Crippen LogP contribution in [0.5, 0.6) is 0 Å². The van der Waals surface area contributed by atoms with Crippen molar-refractivity contribution in [1.82, 2.24) is 14.5 Å². The molecule has 9 nitrogen and oxygen atoms in total. The second-order valence-corrected chi connectivity index (χ2v) is 10.4. The van der Waals surface area contributed by atoms with Crippen LogP contribution >= 0.6 is 0 Å². The van der Waals surface area contributed by atoms with Gasteiger partial charge in [0.25, 0.3) is 0 Å². The van der Waals surface area contributed by atoms with E-state index >= 15 is 0 Å². The summed E-state index contributed by atoms with van der Waals surface area (Å²) >= 11 is 0. The van der Waals surface area contributed by atoms with Crippen molar-refractivity contribution >= 4 is 27.2 Å². The van der Waals surface area contributed by atoms with Crippen LogP contribution < -0.4 is 10.5 Å². The Morgan fingerprint density at radius 2 is 2.12 bits per heavy atom. The van der Waals surface area contributed by atoms with E-state index in [1.165, 1.54) is 11.1 Å². The van der Waals surface area contributed by atoms with Crippen molar-refractivity contribution in [3.05, 3.63) is 54.0 Å². The van der Waals surface area contributed by atoms with Crippen molar-refractivity contribution in [2.24, 2.45) is 10.6 Å². The Labute approximate surface area is 186 Å². The highest BCUT2D eigenvalue weighted by Crippen LogP contribution is 2.46. The molecular formula is C22H27N5O4S. The van der Waals surface area contributed by atoms with E-state index in [2.05, 4.69) is 39.6 Å². The SMILES string of the molecule is C[C@@]1(COS(N)(=O)=O)CC(n2ccc3c(N[C@H]4CCc5ccccc54)ncnc32)C[C@@H]1O. The Hall–Kier alpha value is -2.53. The predicted molar refractivity (Wildman–Crippen MR) is 120 cm³/mol. The smallest absolute Gasteiger partial charge is 0.333 e. The molecule has 0 bridgehead atoms. The average molecular weight is 458 g/mol. The van der Waals surface area contributed by atoms with E-state index in [9.17, 15) is 13.5 Å². The first-order valence-electron chi connectivity index (χ1n) is 10.7. The van der Waals surface area contributed by atoms with Crippen molar-refractivity contribution in [3.8, 4) is 0 Å². The Balaban J connectivity index is 1.39. The Morgan fingerprint density at radius 1 is 1.31 bits per heavy atom. The van der Waals surface area contributed by atoms with Crippen LogP contribution in [0.25, 0.3) is 11.0 Å². The van der Waals surface area contributed by atoms with Crippen molar-refractivity contribution in [2.75, 3.05) is 11.9 Å². The average Bonchev–Trinajstić information content (AvgIpc) is 3.43. The number of aliphatic hydroxyl groups is 1. The summed E-state index contributed by atoms with van der Waals surface area (Å²) in [4.78, 5) is 9.00. The van der Waals surface area contributed by atoms with E-state index in [1.807, 2.05) is 23.8 Å². The summed E-state index contributed by atoms with van der Waals surface area (Å²) in [5.41, 5.74) is 2.73. The molecule has 170 valence electrons. The minimum atomic E-state index is -4.06. The lowest BCUT2D eigenvalue weighted by Gasteiger charge is -2.26. The molecule has 2 aromatic heterocycles. The zero-order valence-electron chi connectivity index (χ0n) is 17.8. The third-order valence-corrected chi connectivity index (χ3v) is 7.35. The van der Waals surface area contributed by atoms with E-state index in [0.717, 1.165) is 29.7 Å². The summed E-state index contributed by atoms with van der Waals surface area (Å²) in [6.07, 6.45) is 5.85. The van der Waals surface area contributed by atoms with Crippen LogP contribution in [0.4, 0.5) is 5.82 Å². The zero-order valence-corrected chi connectivity index (χ0v) is 18.6. The van der Waals surface area contributed by atoms with Crippen LogP contribution in [0.2, 0.25) is 0 Å². The number of benzene rings is 1. The summed E-state index contributed by atoms with van der Waals surface area (Å²) in [5.74, 6) is 0.786. The van der Waals surface area contributed by atoms with Crippen LogP contribution in [-0.2, 0) is 20.9 Å². The molecule has 0 saturated heterocycles. The molecule has 0 spiro atoms. The van der Waals surface area contributed by atoms with E-state index in [0.29, 0.717) is 12.8 Å². The van der Waals surface area contributed by atoms with Crippen molar-refractivity contribution < 1.29 is 17.7 Å². The first kappa shape index (κ1) is 21.3. The van der Waals surface area contributed by atoms with Crippen molar-refractivity contribution in [3.63, 3.8) is 0 Å². The van der Waals surface area contributed by atoms with E-state index in [-0.39, 0.29) is 18.7 Å². The van der Waals surface area contributed by atoms with Gasteiger partial charge in [-0.1, -0.05) is 31.2 Å². The standard InChI is InChI=1S/C22H27N5O4S/c1-22(12-31-32(23,29)30)11-15(10-19(22)28)27-9-8-17-20(24-13-25-21(17)27)26-18-7-6-14-4-2-3-5-16(14)18/h2-5,8-9,13,15,18-19,28H,6-7,10-12H2,1H3,(H2,23,29,30)(H,24,25,26)/t15?,18-,19-,22-/m0/s1. The maximum atomic E-state index is 11.2. The molecule has 1 unspecified atom stereocenters. The van der Waals surface area contributed by atoms with Gasteiger partial charge in [0.15, 0.2) is 0 Å². The number of aryl methyl sites for hydroxylation is 1. The van der Waals surface area contributed by atoms with Gasteiger partial charge in [-0.05, 0) is 42.9 Å². The summed E-state index contributed by atoms with van der Waals surface area (Å²) in [5, 5.41) is 20.1. The fourth-order valence-electron chi connectivity index (χ4n) is 5.14. The van der Waals surface area contributed by atoms with Gasteiger partial charge < -0.3 is 15.0 Å². The maximum absolute atomic E-state index is 11.2. The molecule has 1 aromatic carbocycles. The van der Waals surface area contributed by atoms with Crippen LogP contribution in [0.1, 0.15) is 49.4 Å². The number of hydrogen-bond acceptors (Lipinski definition) is 7. The number of aromatic nitrogens is 3. The zero-order chi connectivity index (χ0) is 22.5. The van der Waals surface area contributed by atoms with Gasteiger partial charge in [0.05, 0.1) is 24.1 Å². The lowest BCUT2D eigenvalue weighted by Crippen LogP contribution is -2.34. The number of rotatable bonds is 6. The molecule has 2 heterocycles. The molecule has 3 aromatic rings. The van der Waals surface area contributed by atoms with Gasteiger partial charge in [-0.3, -0.25) is 4.18 Å². The number of aliphatic hydroxyl groups excluding tert-OH is 1. The molecule has 1 saturated carbocycles. The molecule has 0 aliphatic heterocycles. The van der Waals surface area contributed by atoms with E-state index in [1.54, 1.807) is 6.33 Å². The minimum absolute atomic E-state index is 0.0495. The number of anilines is 1. The first-order valence-corrected chi connectivity index (χ1v) is 12.2. The van der Waals surface area contributed by atoms with Crippen LogP contribution in [-0.4, -0.2) is 40.8 Å². The normalized spacial score (nSPS) is 27.7. The number of nitrogens with zero attached hydrogens (tertiary/aromatic N) is 3. The Bertz CT molecular complexity index is 1260. The highest BCUT2D eigenvalue weighted by molar-refractivity contribution is 7.84. The van der Waals surface area contributed by atoms with Gasteiger partial charge in [0, 0.05) is 17.7 Å². The van der Waals surface area contributed by atoms with Gasteiger partial charge in [0.2, 0.25) is 0 Å². The lowest BCUT2D eigenvalue weighted by atomic mass is 9.87. The van der Waals surface area contributed by atoms with Crippen molar-refractivity contribution in [2.45, 2.75) is 50.8 Å². The fourth-order valence-corrected chi connectivity index (χ4v) is 5.57.